The van der Waals surface area contributed by atoms with Crippen LogP contribution in [-0.4, -0.2) is 47.0 Å². The number of nitrogens with one attached hydrogen (secondary N) is 1. The Labute approximate surface area is 180 Å². The van der Waals surface area contributed by atoms with E-state index in [1.165, 1.54) is 11.8 Å². The average molecular weight is 445 g/mol. The molecule has 1 saturated heterocycles. The summed E-state index contributed by atoms with van der Waals surface area (Å²) in [5.74, 6) is 1.93. The van der Waals surface area contributed by atoms with E-state index in [4.69, 9.17) is 4.74 Å². The summed E-state index contributed by atoms with van der Waals surface area (Å²) in [5.41, 5.74) is 2.96. The maximum atomic E-state index is 11.9. The molecule has 1 aliphatic heterocycles. The fourth-order valence-corrected chi connectivity index (χ4v) is 7.01. The molecule has 158 valence electrons. The molecule has 1 N–H and O–H groups in total. The first kappa shape index (κ1) is 20.7. The third kappa shape index (κ3) is 4.62. The van der Waals surface area contributed by atoms with E-state index in [0.29, 0.717) is 18.1 Å². The number of aryl methyl sites for hydroxylation is 1. The molecule has 1 aromatic heterocycles. The molecule has 0 spiro atoms. The summed E-state index contributed by atoms with van der Waals surface area (Å²) in [7, 11) is -1.31. The fourth-order valence-electron chi connectivity index (χ4n) is 3.49. The number of rotatable bonds is 7. The summed E-state index contributed by atoms with van der Waals surface area (Å²) in [6.45, 7) is 2.49. The first-order chi connectivity index (χ1) is 14.4. The Morgan fingerprint density at radius 3 is 2.77 bits per heavy atom. The second-order valence-corrected chi connectivity index (χ2v) is 10.8. The SMILES string of the molecule is COc1ccccc1NCc1nnc(SC2CCS(=O)(=O)C2)n1-c1cccc(C)c1. The molecule has 3 aromatic rings. The zero-order valence-electron chi connectivity index (χ0n) is 16.9. The Kier molecular flexibility index (Phi) is 6.01. The predicted octanol–water partition coefficient (Wildman–Crippen LogP) is 3.48. The van der Waals surface area contributed by atoms with Crippen molar-refractivity contribution >= 4 is 27.3 Å². The van der Waals surface area contributed by atoms with Crippen molar-refractivity contribution in [2.75, 3.05) is 23.9 Å². The van der Waals surface area contributed by atoms with Gasteiger partial charge in [0.2, 0.25) is 0 Å². The van der Waals surface area contributed by atoms with Crippen molar-refractivity contribution in [1.82, 2.24) is 14.8 Å². The molecule has 2 heterocycles. The van der Waals surface area contributed by atoms with E-state index in [-0.39, 0.29) is 16.8 Å². The van der Waals surface area contributed by atoms with E-state index in [2.05, 4.69) is 21.6 Å². The molecular formula is C21H24N4O3S2. The van der Waals surface area contributed by atoms with Crippen molar-refractivity contribution in [3.63, 3.8) is 0 Å². The lowest BCUT2D eigenvalue weighted by Gasteiger charge is -2.14. The summed E-state index contributed by atoms with van der Waals surface area (Å²) in [6, 6.07) is 15.8. The summed E-state index contributed by atoms with van der Waals surface area (Å²) >= 11 is 1.49. The second-order valence-electron chi connectivity index (χ2n) is 7.27. The standard InChI is InChI=1S/C21H24N4O3S2/c1-15-6-5-7-16(12-15)25-20(13-22-18-8-3-4-9-19(18)28-2)23-24-21(25)29-17-10-11-30(26,27)14-17/h3-9,12,17,22H,10-11,13-14H2,1-2H3. The highest BCUT2D eigenvalue weighted by Crippen LogP contribution is 2.32. The fraction of sp³-hybridized carbons (Fsp3) is 0.333. The quantitative estimate of drug-likeness (QED) is 0.597. The van der Waals surface area contributed by atoms with Gasteiger partial charge in [0.15, 0.2) is 20.8 Å². The first-order valence-corrected chi connectivity index (χ1v) is 12.4. The predicted molar refractivity (Wildman–Crippen MR) is 119 cm³/mol. The molecular weight excluding hydrogens is 420 g/mol. The third-order valence-electron chi connectivity index (χ3n) is 4.97. The first-order valence-electron chi connectivity index (χ1n) is 9.70. The van der Waals surface area contributed by atoms with E-state index in [1.54, 1.807) is 7.11 Å². The number of hydrogen-bond acceptors (Lipinski definition) is 7. The van der Waals surface area contributed by atoms with Crippen molar-refractivity contribution in [2.24, 2.45) is 0 Å². The monoisotopic (exact) mass is 444 g/mol. The largest absolute Gasteiger partial charge is 0.495 e. The molecule has 9 heteroatoms. The lowest BCUT2D eigenvalue weighted by molar-refractivity contribution is 0.416. The minimum Gasteiger partial charge on any atom is -0.495 e. The number of ether oxygens (including phenoxy) is 1. The van der Waals surface area contributed by atoms with Gasteiger partial charge in [-0.2, -0.15) is 0 Å². The number of aromatic nitrogens is 3. The van der Waals surface area contributed by atoms with Crippen LogP contribution in [0.3, 0.4) is 0 Å². The van der Waals surface area contributed by atoms with E-state index < -0.39 is 9.84 Å². The maximum Gasteiger partial charge on any atom is 0.196 e. The van der Waals surface area contributed by atoms with Gasteiger partial charge in [-0.1, -0.05) is 36.0 Å². The van der Waals surface area contributed by atoms with Crippen LogP contribution in [0.15, 0.2) is 53.7 Å². The minimum atomic E-state index is -2.95. The minimum absolute atomic E-state index is 0.00205. The molecule has 4 rings (SSSR count). The molecule has 2 aromatic carbocycles. The van der Waals surface area contributed by atoms with Gasteiger partial charge < -0.3 is 10.1 Å². The Hall–Kier alpha value is -2.52. The highest BCUT2D eigenvalue weighted by atomic mass is 32.2. The number of benzene rings is 2. The summed E-state index contributed by atoms with van der Waals surface area (Å²) in [6.07, 6.45) is 0.641. The van der Waals surface area contributed by atoms with E-state index in [1.807, 2.05) is 54.0 Å². The van der Waals surface area contributed by atoms with Crippen LogP contribution in [0.1, 0.15) is 17.8 Å². The molecule has 1 atom stereocenters. The van der Waals surface area contributed by atoms with Crippen LogP contribution in [0, 0.1) is 6.92 Å². The van der Waals surface area contributed by atoms with Crippen molar-refractivity contribution in [3.05, 3.63) is 59.9 Å². The number of sulfone groups is 1. The number of thioether (sulfide) groups is 1. The van der Waals surface area contributed by atoms with Crippen molar-refractivity contribution in [2.45, 2.75) is 30.3 Å². The second kappa shape index (κ2) is 8.69. The van der Waals surface area contributed by atoms with Gasteiger partial charge in [-0.25, -0.2) is 8.42 Å². The topological polar surface area (TPSA) is 86.1 Å². The maximum absolute atomic E-state index is 11.9. The number of methoxy groups -OCH3 is 1. The van der Waals surface area contributed by atoms with Crippen LogP contribution < -0.4 is 10.1 Å². The molecule has 30 heavy (non-hydrogen) atoms. The smallest absolute Gasteiger partial charge is 0.196 e. The Balaban J connectivity index is 1.64. The van der Waals surface area contributed by atoms with E-state index in [0.717, 1.165) is 28.5 Å². The van der Waals surface area contributed by atoms with Crippen molar-refractivity contribution in [1.29, 1.82) is 0 Å². The molecule has 1 aliphatic rings. The molecule has 1 unspecified atom stereocenters. The van der Waals surface area contributed by atoms with E-state index in [9.17, 15) is 8.42 Å². The van der Waals surface area contributed by atoms with E-state index >= 15 is 0 Å². The summed E-state index contributed by atoms with van der Waals surface area (Å²) < 4.78 is 31.2. The molecule has 0 radical (unpaired) electrons. The van der Waals surface area contributed by atoms with Gasteiger partial charge in [-0.15, -0.1) is 10.2 Å². The van der Waals surface area contributed by atoms with Crippen LogP contribution in [0.4, 0.5) is 5.69 Å². The number of para-hydroxylation sites is 2. The Bertz CT molecular complexity index is 1140. The molecule has 7 nitrogen and oxygen atoms in total. The van der Waals surface area contributed by atoms with Crippen LogP contribution >= 0.6 is 11.8 Å². The lowest BCUT2D eigenvalue weighted by Crippen LogP contribution is -2.11. The van der Waals surface area contributed by atoms with Crippen LogP contribution in [0.2, 0.25) is 0 Å². The summed E-state index contributed by atoms with van der Waals surface area (Å²) in [4.78, 5) is 0. The highest BCUT2D eigenvalue weighted by molar-refractivity contribution is 8.01. The highest BCUT2D eigenvalue weighted by Gasteiger charge is 2.30. The zero-order valence-corrected chi connectivity index (χ0v) is 18.5. The van der Waals surface area contributed by atoms with Gasteiger partial charge in [0.05, 0.1) is 30.8 Å². The molecule has 0 bridgehead atoms. The van der Waals surface area contributed by atoms with Crippen LogP contribution in [-0.2, 0) is 16.4 Å². The normalized spacial score (nSPS) is 17.7. The molecule has 0 aliphatic carbocycles. The third-order valence-corrected chi connectivity index (χ3v) is 8.16. The summed E-state index contributed by atoms with van der Waals surface area (Å²) in [5, 5.41) is 12.9. The average Bonchev–Trinajstić information content (AvgIpc) is 3.29. The van der Waals surface area contributed by atoms with Gasteiger partial charge in [0, 0.05) is 10.9 Å². The molecule has 0 amide bonds. The van der Waals surface area contributed by atoms with Gasteiger partial charge in [0.25, 0.3) is 0 Å². The number of anilines is 1. The van der Waals surface area contributed by atoms with Gasteiger partial charge >= 0.3 is 0 Å². The van der Waals surface area contributed by atoms with Gasteiger partial charge in [-0.05, 0) is 43.2 Å². The van der Waals surface area contributed by atoms with Gasteiger partial charge in [0.1, 0.15) is 5.75 Å². The number of nitrogens with zero attached hydrogens (tertiary/aromatic N) is 3. The lowest BCUT2D eigenvalue weighted by atomic mass is 10.2. The Morgan fingerprint density at radius 2 is 2.03 bits per heavy atom. The van der Waals surface area contributed by atoms with Crippen molar-refractivity contribution in [3.8, 4) is 11.4 Å². The Morgan fingerprint density at radius 1 is 1.20 bits per heavy atom. The van der Waals surface area contributed by atoms with Crippen molar-refractivity contribution < 1.29 is 13.2 Å². The molecule has 1 fully saturated rings. The number of hydrogen-bond donors (Lipinski definition) is 1. The van der Waals surface area contributed by atoms with Crippen LogP contribution in [0.5, 0.6) is 5.75 Å². The zero-order chi connectivity index (χ0) is 21.1. The van der Waals surface area contributed by atoms with Crippen LogP contribution in [0.25, 0.3) is 5.69 Å². The van der Waals surface area contributed by atoms with Gasteiger partial charge in [-0.3, -0.25) is 4.57 Å². The molecule has 0 saturated carbocycles.